The van der Waals surface area contributed by atoms with Gasteiger partial charge in [-0.25, -0.2) is 4.98 Å². The monoisotopic (exact) mass is 369 g/mol. The van der Waals surface area contributed by atoms with Gasteiger partial charge in [-0.3, -0.25) is 0 Å². The summed E-state index contributed by atoms with van der Waals surface area (Å²) in [6.45, 7) is 7.48. The van der Waals surface area contributed by atoms with E-state index in [1.165, 1.54) is 36.3 Å². The van der Waals surface area contributed by atoms with Crippen molar-refractivity contribution in [2.45, 2.75) is 65.4 Å². The summed E-state index contributed by atoms with van der Waals surface area (Å²) in [6.07, 6.45) is 13.8. The molecule has 4 aliphatic rings. The number of hydrogen-bond donors (Lipinski definition) is 1. The molecular formula is C23H31NOS. The van der Waals surface area contributed by atoms with Crippen LogP contribution in [0.5, 0.6) is 0 Å². The maximum absolute atomic E-state index is 10.2. The Kier molecular flexibility index (Phi) is 3.82. The first-order valence-electron chi connectivity index (χ1n) is 10.4. The predicted molar refractivity (Wildman–Crippen MR) is 108 cm³/mol. The summed E-state index contributed by atoms with van der Waals surface area (Å²) < 4.78 is 0. The Morgan fingerprint density at radius 3 is 2.73 bits per heavy atom. The van der Waals surface area contributed by atoms with Crippen LogP contribution < -0.4 is 0 Å². The summed E-state index contributed by atoms with van der Waals surface area (Å²) >= 11 is 1.80. The van der Waals surface area contributed by atoms with E-state index in [9.17, 15) is 5.11 Å². The molecule has 2 fully saturated rings. The Bertz CT molecular complexity index is 765. The number of thiazole rings is 1. The van der Waals surface area contributed by atoms with Gasteiger partial charge in [-0.2, -0.15) is 0 Å². The first kappa shape index (κ1) is 17.2. The smallest absolute Gasteiger partial charge is 0.119 e. The lowest BCUT2D eigenvalue weighted by molar-refractivity contribution is -0.0425. The molecule has 1 aromatic heterocycles. The quantitative estimate of drug-likeness (QED) is 0.644. The number of aliphatic hydroxyl groups excluding tert-OH is 1. The third-order valence-electron chi connectivity index (χ3n) is 8.65. The van der Waals surface area contributed by atoms with Crippen molar-refractivity contribution in [1.82, 2.24) is 4.98 Å². The highest BCUT2D eigenvalue weighted by molar-refractivity contribution is 7.10. The molecule has 140 valence electrons. The Morgan fingerprint density at radius 2 is 1.96 bits per heavy atom. The van der Waals surface area contributed by atoms with Gasteiger partial charge >= 0.3 is 0 Å². The molecule has 1 N–H and O–H groups in total. The normalized spacial score (nSPS) is 47.5. The second-order valence-electron chi connectivity index (χ2n) is 9.80. The summed E-state index contributed by atoms with van der Waals surface area (Å²) in [5.74, 6) is 2.93. The first-order chi connectivity index (χ1) is 12.4. The summed E-state index contributed by atoms with van der Waals surface area (Å²) in [5.41, 5.74) is 3.71. The minimum absolute atomic E-state index is 0.114. The van der Waals surface area contributed by atoms with Gasteiger partial charge in [0, 0.05) is 11.6 Å². The van der Waals surface area contributed by atoms with Crippen molar-refractivity contribution in [2.24, 2.45) is 34.5 Å². The number of aliphatic hydroxyl groups is 1. The van der Waals surface area contributed by atoms with Crippen LogP contribution in [0.15, 0.2) is 29.3 Å². The third-order valence-corrected chi connectivity index (χ3v) is 9.46. The van der Waals surface area contributed by atoms with E-state index in [1.54, 1.807) is 16.9 Å². The number of fused-ring (bicyclic) bond motifs is 5. The molecular weight excluding hydrogens is 338 g/mol. The number of rotatable bonds is 1. The highest BCUT2D eigenvalue weighted by Gasteiger charge is 2.58. The van der Waals surface area contributed by atoms with Gasteiger partial charge in [0.25, 0.3) is 0 Å². The van der Waals surface area contributed by atoms with Crippen molar-refractivity contribution >= 4 is 16.9 Å². The van der Waals surface area contributed by atoms with Crippen LogP contribution in [0.4, 0.5) is 0 Å². The van der Waals surface area contributed by atoms with Crippen LogP contribution in [0.2, 0.25) is 0 Å². The van der Waals surface area contributed by atoms with Crippen LogP contribution in [-0.4, -0.2) is 16.2 Å². The number of nitrogens with zero attached hydrogens (tertiary/aromatic N) is 1. The van der Waals surface area contributed by atoms with E-state index < -0.39 is 0 Å². The zero-order chi connectivity index (χ0) is 18.1. The van der Waals surface area contributed by atoms with Gasteiger partial charge < -0.3 is 5.11 Å². The van der Waals surface area contributed by atoms with Crippen LogP contribution in [0.1, 0.15) is 64.3 Å². The van der Waals surface area contributed by atoms with Crippen molar-refractivity contribution < 1.29 is 5.11 Å². The lowest BCUT2D eigenvalue weighted by Gasteiger charge is -2.59. The molecule has 0 aliphatic heterocycles. The van der Waals surface area contributed by atoms with Gasteiger partial charge in [0.05, 0.1) is 6.10 Å². The minimum Gasteiger partial charge on any atom is -0.393 e. The number of hydrogen-bond acceptors (Lipinski definition) is 3. The molecule has 1 aromatic rings. The molecule has 7 atom stereocenters. The van der Waals surface area contributed by atoms with E-state index in [2.05, 4.69) is 43.3 Å². The molecule has 26 heavy (non-hydrogen) atoms. The van der Waals surface area contributed by atoms with E-state index >= 15 is 0 Å². The van der Waals surface area contributed by atoms with Crippen LogP contribution >= 0.6 is 11.3 Å². The summed E-state index contributed by atoms with van der Waals surface area (Å²) in [7, 11) is 0. The SMILES string of the molecule is C[C@@H]1C=C2C[C@@H](O)CC[C@]2(C)[C@H]2CC[C@]3(C)C(c4nccs4)=CC[C@H]3[C@H]12. The first-order valence-corrected chi connectivity index (χ1v) is 11.3. The fourth-order valence-electron chi connectivity index (χ4n) is 7.26. The summed E-state index contributed by atoms with van der Waals surface area (Å²) in [5, 5.41) is 13.6. The van der Waals surface area contributed by atoms with E-state index in [1.807, 2.05) is 6.20 Å². The zero-order valence-corrected chi connectivity index (χ0v) is 17.1. The van der Waals surface area contributed by atoms with Crippen LogP contribution in [-0.2, 0) is 0 Å². The van der Waals surface area contributed by atoms with E-state index in [0.717, 1.165) is 30.6 Å². The van der Waals surface area contributed by atoms with Crippen molar-refractivity contribution in [3.8, 4) is 0 Å². The molecule has 4 aliphatic carbocycles. The standard InChI is InChI=1S/C23H31NOS/c1-14-12-15-13-16(25)6-8-22(15,2)18-7-9-23(3)17(20(14)18)4-5-19(23)21-24-10-11-26-21/h5,10-12,14,16-18,20,25H,4,6-9,13H2,1-3H3/t14-,16+,17+,18+,20+,22+,23+/m1/s1. The Labute approximate surface area is 161 Å². The summed E-state index contributed by atoms with van der Waals surface area (Å²) in [6, 6.07) is 0. The van der Waals surface area contributed by atoms with Gasteiger partial charge in [-0.15, -0.1) is 11.3 Å². The van der Waals surface area contributed by atoms with Crippen LogP contribution in [0.3, 0.4) is 0 Å². The van der Waals surface area contributed by atoms with E-state index in [4.69, 9.17) is 0 Å². The molecule has 5 rings (SSSR count). The number of allylic oxidation sites excluding steroid dienone is 3. The molecule has 0 aromatic carbocycles. The predicted octanol–water partition coefficient (Wildman–Crippen LogP) is 5.71. The lowest BCUT2D eigenvalue weighted by atomic mass is 9.45. The molecule has 0 amide bonds. The zero-order valence-electron chi connectivity index (χ0n) is 16.2. The maximum atomic E-state index is 10.2. The van der Waals surface area contributed by atoms with E-state index in [0.29, 0.717) is 16.7 Å². The Morgan fingerprint density at radius 1 is 1.15 bits per heavy atom. The molecule has 0 unspecified atom stereocenters. The molecule has 1 heterocycles. The lowest BCUT2D eigenvalue weighted by Crippen LogP contribution is -2.52. The van der Waals surface area contributed by atoms with Gasteiger partial charge in [0.15, 0.2) is 0 Å². The molecule has 2 nitrogen and oxygen atoms in total. The van der Waals surface area contributed by atoms with Gasteiger partial charge in [-0.1, -0.05) is 38.5 Å². The van der Waals surface area contributed by atoms with Crippen LogP contribution in [0.25, 0.3) is 5.57 Å². The molecule has 0 spiro atoms. The average molecular weight is 370 g/mol. The van der Waals surface area contributed by atoms with E-state index in [-0.39, 0.29) is 6.10 Å². The third kappa shape index (κ3) is 2.22. The molecule has 3 heteroatoms. The average Bonchev–Trinajstić information content (AvgIpc) is 3.23. The van der Waals surface area contributed by atoms with Crippen molar-refractivity contribution in [1.29, 1.82) is 0 Å². The number of aromatic nitrogens is 1. The second kappa shape index (κ2) is 5.78. The Hall–Kier alpha value is -0.930. The van der Waals surface area contributed by atoms with Crippen molar-refractivity contribution in [2.75, 3.05) is 0 Å². The van der Waals surface area contributed by atoms with Gasteiger partial charge in [0.2, 0.25) is 0 Å². The molecule has 0 saturated heterocycles. The fourth-order valence-corrected chi connectivity index (χ4v) is 8.07. The largest absolute Gasteiger partial charge is 0.393 e. The Balaban J connectivity index is 1.52. The highest BCUT2D eigenvalue weighted by atomic mass is 32.1. The minimum atomic E-state index is -0.114. The summed E-state index contributed by atoms with van der Waals surface area (Å²) in [4.78, 5) is 4.66. The van der Waals surface area contributed by atoms with Crippen LogP contribution in [0, 0.1) is 34.5 Å². The van der Waals surface area contributed by atoms with Crippen molar-refractivity contribution in [3.63, 3.8) is 0 Å². The highest BCUT2D eigenvalue weighted by Crippen LogP contribution is 2.67. The second-order valence-corrected chi connectivity index (χ2v) is 10.7. The van der Waals surface area contributed by atoms with Gasteiger partial charge in [-0.05, 0) is 78.6 Å². The topological polar surface area (TPSA) is 33.1 Å². The molecule has 2 saturated carbocycles. The fraction of sp³-hybridized carbons (Fsp3) is 0.696. The van der Waals surface area contributed by atoms with Crippen molar-refractivity contribution in [3.05, 3.63) is 34.3 Å². The molecule has 0 bridgehead atoms. The van der Waals surface area contributed by atoms with Gasteiger partial charge in [0.1, 0.15) is 5.01 Å². The molecule has 0 radical (unpaired) electrons. The maximum Gasteiger partial charge on any atom is 0.119 e.